The molecule has 14 rings (SSSR count). The number of hydrogen-bond acceptors (Lipinski definition) is 4. The summed E-state index contributed by atoms with van der Waals surface area (Å²) in [6.45, 7) is 0. The lowest BCUT2D eigenvalue weighted by Gasteiger charge is -2.14. The Labute approximate surface area is 390 Å². The molecule has 0 unspecified atom stereocenters. The Morgan fingerprint density at radius 1 is 0.324 bits per heavy atom. The number of benzene rings is 11. The third-order valence-electron chi connectivity index (χ3n) is 13.6. The molecule has 0 saturated carbocycles. The molecule has 0 radical (unpaired) electrons. The number of hydrogen-bond donors (Lipinski definition) is 0. The Morgan fingerprint density at radius 3 is 1.59 bits per heavy atom. The second-order valence-electron chi connectivity index (χ2n) is 17.6. The topological polar surface area (TPSA) is 56.7 Å². The lowest BCUT2D eigenvalue weighted by Crippen LogP contribution is -2.01. The van der Waals surface area contributed by atoms with Gasteiger partial charge in [0.1, 0.15) is 11.2 Å². The van der Waals surface area contributed by atoms with Gasteiger partial charge in [0.2, 0.25) is 0 Å². The zero-order valence-electron chi connectivity index (χ0n) is 36.6. The minimum atomic E-state index is 0.538. The summed E-state index contributed by atoms with van der Waals surface area (Å²) in [5.41, 5.74) is 12.0. The van der Waals surface area contributed by atoms with E-state index in [2.05, 4.69) is 211 Å². The molecule has 3 aromatic heterocycles. The van der Waals surface area contributed by atoms with Gasteiger partial charge in [-0.05, 0) is 97.7 Å². The molecule has 3 heterocycles. The first-order valence-corrected chi connectivity index (χ1v) is 23.0. The largest absolute Gasteiger partial charge is 0.455 e. The summed E-state index contributed by atoms with van der Waals surface area (Å²) in [6.07, 6.45) is 0. The van der Waals surface area contributed by atoms with Crippen LogP contribution in [0.1, 0.15) is 0 Å². The monoisotopic (exact) mass is 866 g/mol. The third kappa shape index (κ3) is 6.14. The van der Waals surface area contributed by atoms with Gasteiger partial charge in [-0.15, -0.1) is 0 Å². The highest BCUT2D eigenvalue weighted by molar-refractivity contribution is 6.24. The maximum atomic E-state index is 6.96. The fourth-order valence-corrected chi connectivity index (χ4v) is 10.3. The second-order valence-corrected chi connectivity index (χ2v) is 17.6. The molecule has 14 aromatic rings. The summed E-state index contributed by atoms with van der Waals surface area (Å²) in [5, 5.41) is 11.5. The molecule has 5 nitrogen and oxygen atoms in total. The molecule has 5 heteroatoms. The third-order valence-corrected chi connectivity index (χ3v) is 13.6. The lowest BCUT2D eigenvalue weighted by molar-refractivity contribution is 0.670. The first kappa shape index (κ1) is 38.1. The molecule has 0 bridgehead atoms. The molecular weight excluding hydrogens is 829 g/mol. The van der Waals surface area contributed by atoms with E-state index in [0.29, 0.717) is 17.5 Å². The van der Waals surface area contributed by atoms with Crippen molar-refractivity contribution in [3.63, 3.8) is 0 Å². The summed E-state index contributed by atoms with van der Waals surface area (Å²) >= 11 is 0. The van der Waals surface area contributed by atoms with E-state index in [4.69, 9.17) is 19.4 Å². The fraction of sp³-hybridized carbons (Fsp3) is 0. The Morgan fingerprint density at radius 2 is 0.882 bits per heavy atom. The van der Waals surface area contributed by atoms with Crippen LogP contribution in [-0.4, -0.2) is 19.5 Å². The van der Waals surface area contributed by atoms with E-state index in [1.54, 1.807) is 0 Å². The van der Waals surface area contributed by atoms with Crippen LogP contribution in [0.5, 0.6) is 0 Å². The van der Waals surface area contributed by atoms with Crippen molar-refractivity contribution in [1.82, 2.24) is 19.5 Å². The summed E-state index contributed by atoms with van der Waals surface area (Å²) in [4.78, 5) is 15.9. The molecular formula is C63H38N4O. The fourth-order valence-electron chi connectivity index (χ4n) is 10.3. The summed E-state index contributed by atoms with van der Waals surface area (Å²) in [5.74, 6) is 1.70. The van der Waals surface area contributed by atoms with Crippen LogP contribution in [0.3, 0.4) is 0 Å². The van der Waals surface area contributed by atoms with Gasteiger partial charge in [0.25, 0.3) is 0 Å². The summed E-state index contributed by atoms with van der Waals surface area (Å²) in [6, 6.07) is 81.7. The number of fused-ring (bicyclic) bond motifs is 11. The minimum Gasteiger partial charge on any atom is -0.455 e. The van der Waals surface area contributed by atoms with E-state index < -0.39 is 0 Å². The SMILES string of the molecule is c1ccc(-c2cccc(-c3nc(-c4cccc(-c5ccccc5)c4)nc(-c4cc5ccc(-n6c7cc8ccccc8cc7c7ccc8ccccc8c76)cc5c5c4oc4ccccc45)n3)c2)cc1. The second kappa shape index (κ2) is 15.2. The molecule has 0 aliphatic carbocycles. The van der Waals surface area contributed by atoms with Crippen molar-refractivity contribution >= 4 is 76.1 Å². The van der Waals surface area contributed by atoms with E-state index in [-0.39, 0.29) is 0 Å². The average Bonchev–Trinajstić information content (AvgIpc) is 3.97. The van der Waals surface area contributed by atoms with E-state index in [1.807, 2.05) is 24.3 Å². The highest BCUT2D eigenvalue weighted by Gasteiger charge is 2.23. The number of nitrogens with zero attached hydrogens (tertiary/aromatic N) is 4. The molecule has 0 saturated heterocycles. The van der Waals surface area contributed by atoms with Crippen LogP contribution >= 0.6 is 0 Å². The van der Waals surface area contributed by atoms with Gasteiger partial charge in [-0.25, -0.2) is 15.0 Å². The summed E-state index contributed by atoms with van der Waals surface area (Å²) in [7, 11) is 0. The van der Waals surface area contributed by atoms with Crippen molar-refractivity contribution < 1.29 is 4.42 Å². The molecule has 68 heavy (non-hydrogen) atoms. The van der Waals surface area contributed by atoms with Crippen molar-refractivity contribution in [1.29, 1.82) is 0 Å². The quantitative estimate of drug-likeness (QED) is 0.167. The van der Waals surface area contributed by atoms with Crippen LogP contribution in [0.25, 0.3) is 138 Å². The zero-order chi connectivity index (χ0) is 44.7. The molecule has 0 spiro atoms. The van der Waals surface area contributed by atoms with Crippen molar-refractivity contribution in [2.24, 2.45) is 0 Å². The highest BCUT2D eigenvalue weighted by atomic mass is 16.3. The smallest absolute Gasteiger partial charge is 0.167 e. The Hall–Kier alpha value is -9.19. The van der Waals surface area contributed by atoms with Crippen LogP contribution < -0.4 is 0 Å². The number of para-hydroxylation sites is 1. The molecule has 0 aliphatic heterocycles. The van der Waals surface area contributed by atoms with Crippen LogP contribution in [0.4, 0.5) is 0 Å². The summed E-state index contributed by atoms with van der Waals surface area (Å²) < 4.78 is 9.42. The molecule has 0 fully saturated rings. The van der Waals surface area contributed by atoms with Gasteiger partial charge in [0.15, 0.2) is 17.5 Å². The predicted molar refractivity (Wildman–Crippen MR) is 281 cm³/mol. The molecule has 316 valence electrons. The van der Waals surface area contributed by atoms with E-state index in [9.17, 15) is 0 Å². The molecule has 0 aliphatic rings. The first-order chi connectivity index (χ1) is 33.7. The van der Waals surface area contributed by atoms with Crippen LogP contribution in [0.2, 0.25) is 0 Å². The van der Waals surface area contributed by atoms with Gasteiger partial charge in [-0.3, -0.25) is 0 Å². The molecule has 11 aromatic carbocycles. The van der Waals surface area contributed by atoms with Crippen LogP contribution in [0, 0.1) is 0 Å². The lowest BCUT2D eigenvalue weighted by atomic mass is 9.98. The van der Waals surface area contributed by atoms with E-state index in [0.717, 1.165) is 82.9 Å². The Balaban J connectivity index is 1.02. The van der Waals surface area contributed by atoms with Crippen molar-refractivity contribution in [2.75, 3.05) is 0 Å². The maximum Gasteiger partial charge on any atom is 0.167 e. The minimum absolute atomic E-state index is 0.538. The van der Waals surface area contributed by atoms with Crippen molar-refractivity contribution in [3.05, 3.63) is 231 Å². The van der Waals surface area contributed by atoms with Crippen molar-refractivity contribution in [2.45, 2.75) is 0 Å². The standard InChI is InChI=1S/C63H38N4O/c1-3-15-39(16-4-1)42-22-13-24-47(33-42)61-64-62(48-25-14-23-43(34-48)40-17-5-2-6-18-40)66-63(65-61)55-36-46-29-31-49(38-53(46)58-52-27-11-12-28-57(52)68-60(55)58)67-56-37-45-21-8-7-20-44(45)35-54(56)51-32-30-41-19-9-10-26-50(41)59(51)67/h1-38H. The van der Waals surface area contributed by atoms with Crippen LogP contribution in [-0.2, 0) is 0 Å². The Kier molecular flexibility index (Phi) is 8.52. The van der Waals surface area contributed by atoms with Crippen LogP contribution in [0.15, 0.2) is 235 Å². The molecule has 0 atom stereocenters. The normalized spacial score (nSPS) is 11.8. The van der Waals surface area contributed by atoms with Crippen molar-refractivity contribution in [3.8, 4) is 62.1 Å². The van der Waals surface area contributed by atoms with Gasteiger partial charge in [0, 0.05) is 43.7 Å². The van der Waals surface area contributed by atoms with Gasteiger partial charge >= 0.3 is 0 Å². The van der Waals surface area contributed by atoms with Gasteiger partial charge in [0.05, 0.1) is 16.6 Å². The van der Waals surface area contributed by atoms with E-state index in [1.165, 1.54) is 37.8 Å². The zero-order valence-corrected chi connectivity index (χ0v) is 36.6. The predicted octanol–water partition coefficient (Wildman–Crippen LogP) is 16.7. The average molecular weight is 867 g/mol. The molecule has 0 N–H and O–H groups in total. The molecule has 0 amide bonds. The van der Waals surface area contributed by atoms with Gasteiger partial charge < -0.3 is 8.98 Å². The first-order valence-electron chi connectivity index (χ1n) is 23.0. The van der Waals surface area contributed by atoms with E-state index >= 15 is 0 Å². The number of furan rings is 1. The highest BCUT2D eigenvalue weighted by Crippen LogP contribution is 2.44. The van der Waals surface area contributed by atoms with Gasteiger partial charge in [-0.1, -0.05) is 182 Å². The van der Waals surface area contributed by atoms with Gasteiger partial charge in [-0.2, -0.15) is 0 Å². The number of aromatic nitrogens is 4. The maximum absolute atomic E-state index is 6.96. The number of rotatable bonds is 6. The Bertz CT molecular complexity index is 4220.